The van der Waals surface area contributed by atoms with Gasteiger partial charge in [0, 0.05) is 19.0 Å². The van der Waals surface area contributed by atoms with Crippen LogP contribution in [0.4, 0.5) is 0 Å². The van der Waals surface area contributed by atoms with Crippen molar-refractivity contribution in [1.82, 2.24) is 0 Å². The Morgan fingerprint density at radius 3 is 1.78 bits per heavy atom. The summed E-state index contributed by atoms with van der Waals surface area (Å²) in [6.07, 6.45) is 17.6. The standard InChI is InChI=1S/C26H52BrO8P/c1-3-4-5-6-7-8-9-10-11-12-13-14-15-16-17-18-20-32-25-23(35-26(31-2)24(25)28)22-34-36(29,30)33-21-19-27/h23-26,28H,3-22H2,1-2H3,(H,29,30)/t23-,24-,25-,26-/m1/s1. The highest BCUT2D eigenvalue weighted by molar-refractivity contribution is 9.09. The van der Waals surface area contributed by atoms with E-state index in [-0.39, 0.29) is 13.2 Å². The number of alkyl halides is 1. The third kappa shape index (κ3) is 16.4. The van der Waals surface area contributed by atoms with E-state index >= 15 is 0 Å². The van der Waals surface area contributed by atoms with Crippen LogP contribution in [0.15, 0.2) is 0 Å². The minimum Gasteiger partial charge on any atom is -0.385 e. The van der Waals surface area contributed by atoms with E-state index in [1.165, 1.54) is 97.0 Å². The first kappa shape index (κ1) is 34.5. The molecule has 1 aliphatic heterocycles. The Labute approximate surface area is 227 Å². The molecule has 36 heavy (non-hydrogen) atoms. The average Bonchev–Trinajstić information content (AvgIpc) is 3.17. The molecule has 0 spiro atoms. The van der Waals surface area contributed by atoms with Gasteiger partial charge in [0.25, 0.3) is 0 Å². The lowest BCUT2D eigenvalue weighted by Crippen LogP contribution is -2.37. The van der Waals surface area contributed by atoms with Crippen LogP contribution in [0, 0.1) is 0 Å². The fourth-order valence-corrected chi connectivity index (χ4v) is 5.61. The highest BCUT2D eigenvalue weighted by atomic mass is 79.9. The number of ether oxygens (including phenoxy) is 3. The molecule has 1 heterocycles. The van der Waals surface area contributed by atoms with Gasteiger partial charge in [-0.25, -0.2) is 4.57 Å². The van der Waals surface area contributed by atoms with Crippen LogP contribution in [0.25, 0.3) is 0 Å². The summed E-state index contributed by atoms with van der Waals surface area (Å²) >= 11 is 3.13. The van der Waals surface area contributed by atoms with Crippen LogP contribution in [0.5, 0.6) is 0 Å². The topological polar surface area (TPSA) is 104 Å². The lowest BCUT2D eigenvalue weighted by atomic mass is 10.0. The molecular formula is C26H52BrO8P. The molecule has 1 aliphatic rings. The Balaban J connectivity index is 2.06. The Bertz CT molecular complexity index is 556. The number of rotatable bonds is 25. The molecule has 0 aromatic carbocycles. The van der Waals surface area contributed by atoms with Gasteiger partial charge < -0.3 is 24.2 Å². The first-order chi connectivity index (χ1) is 17.4. The molecule has 1 fully saturated rings. The third-order valence-electron chi connectivity index (χ3n) is 6.56. The maximum atomic E-state index is 11.9. The van der Waals surface area contributed by atoms with E-state index in [0.29, 0.717) is 11.9 Å². The smallest absolute Gasteiger partial charge is 0.385 e. The molecule has 2 N–H and O–H groups in total. The van der Waals surface area contributed by atoms with Crippen LogP contribution in [0.1, 0.15) is 110 Å². The second-order valence-electron chi connectivity index (χ2n) is 9.69. The van der Waals surface area contributed by atoms with Gasteiger partial charge >= 0.3 is 7.82 Å². The maximum Gasteiger partial charge on any atom is 0.472 e. The molecule has 0 amide bonds. The van der Waals surface area contributed by atoms with Crippen LogP contribution < -0.4 is 0 Å². The molecule has 5 atom stereocenters. The van der Waals surface area contributed by atoms with Crippen molar-refractivity contribution in [2.24, 2.45) is 0 Å². The lowest BCUT2D eigenvalue weighted by Gasteiger charge is -2.21. The number of phosphoric ester groups is 1. The normalized spacial score (nSPS) is 23.8. The summed E-state index contributed by atoms with van der Waals surface area (Å²) in [4.78, 5) is 9.71. The van der Waals surface area contributed by atoms with Crippen LogP contribution in [0.3, 0.4) is 0 Å². The minimum absolute atomic E-state index is 0.0435. The number of aliphatic hydroxyl groups excluding tert-OH is 1. The van der Waals surface area contributed by atoms with Crippen molar-refractivity contribution in [3.63, 3.8) is 0 Å². The number of aliphatic hydroxyl groups is 1. The van der Waals surface area contributed by atoms with E-state index in [0.717, 1.165) is 12.8 Å². The van der Waals surface area contributed by atoms with Gasteiger partial charge in [0.2, 0.25) is 0 Å². The number of halogens is 1. The Morgan fingerprint density at radius 1 is 0.806 bits per heavy atom. The zero-order chi connectivity index (χ0) is 26.5. The van der Waals surface area contributed by atoms with Gasteiger partial charge in [0.1, 0.15) is 18.3 Å². The summed E-state index contributed by atoms with van der Waals surface area (Å²) < 4.78 is 38.3. The predicted octanol–water partition coefficient (Wildman–Crippen LogP) is 6.89. The largest absolute Gasteiger partial charge is 0.472 e. The van der Waals surface area contributed by atoms with Gasteiger partial charge in [-0.05, 0) is 6.42 Å². The van der Waals surface area contributed by atoms with E-state index in [9.17, 15) is 14.6 Å². The van der Waals surface area contributed by atoms with Crippen molar-refractivity contribution in [3.8, 4) is 0 Å². The quantitative estimate of drug-likeness (QED) is 0.0661. The lowest BCUT2D eigenvalue weighted by molar-refractivity contribution is -0.152. The maximum absolute atomic E-state index is 11.9. The van der Waals surface area contributed by atoms with Gasteiger partial charge in [-0.1, -0.05) is 119 Å². The van der Waals surface area contributed by atoms with Crippen LogP contribution in [0.2, 0.25) is 0 Å². The zero-order valence-electron chi connectivity index (χ0n) is 22.6. The Hall–Kier alpha value is 0.430. The van der Waals surface area contributed by atoms with Gasteiger partial charge in [-0.15, -0.1) is 0 Å². The highest BCUT2D eigenvalue weighted by Gasteiger charge is 2.45. The van der Waals surface area contributed by atoms with Crippen molar-refractivity contribution in [3.05, 3.63) is 0 Å². The summed E-state index contributed by atoms with van der Waals surface area (Å²) in [7, 11) is -2.76. The summed E-state index contributed by atoms with van der Waals surface area (Å²) in [5.41, 5.74) is 0. The second-order valence-corrected chi connectivity index (χ2v) is 11.9. The van der Waals surface area contributed by atoms with E-state index in [1.54, 1.807) is 0 Å². The Kier molecular flexibility index (Phi) is 21.3. The molecule has 8 nitrogen and oxygen atoms in total. The highest BCUT2D eigenvalue weighted by Crippen LogP contribution is 2.44. The molecule has 0 aliphatic carbocycles. The van der Waals surface area contributed by atoms with Gasteiger partial charge in [0.05, 0.1) is 13.2 Å². The number of phosphoric acid groups is 1. The van der Waals surface area contributed by atoms with Gasteiger partial charge in [-0.3, -0.25) is 9.05 Å². The van der Waals surface area contributed by atoms with Crippen LogP contribution >= 0.6 is 23.8 Å². The number of methoxy groups -OCH3 is 1. The van der Waals surface area contributed by atoms with Gasteiger partial charge in [0.15, 0.2) is 6.29 Å². The average molecular weight is 604 g/mol. The predicted molar refractivity (Wildman–Crippen MR) is 146 cm³/mol. The van der Waals surface area contributed by atoms with Crippen molar-refractivity contribution in [2.75, 3.05) is 32.3 Å². The summed E-state index contributed by atoms with van der Waals surface area (Å²) in [6.45, 7) is 2.55. The first-order valence-electron chi connectivity index (χ1n) is 14.1. The van der Waals surface area contributed by atoms with E-state index < -0.39 is 32.4 Å². The molecule has 0 aromatic heterocycles. The molecular weight excluding hydrogens is 551 g/mol. The Morgan fingerprint density at radius 2 is 1.31 bits per heavy atom. The fraction of sp³-hybridized carbons (Fsp3) is 1.00. The number of hydrogen-bond donors (Lipinski definition) is 2. The summed E-state index contributed by atoms with van der Waals surface area (Å²) in [5, 5.41) is 10.8. The van der Waals surface area contributed by atoms with Crippen molar-refractivity contribution in [1.29, 1.82) is 0 Å². The van der Waals surface area contributed by atoms with Crippen molar-refractivity contribution in [2.45, 2.75) is 134 Å². The van der Waals surface area contributed by atoms with Crippen molar-refractivity contribution < 1.29 is 37.8 Å². The number of unbranched alkanes of at least 4 members (excludes halogenated alkanes) is 15. The van der Waals surface area contributed by atoms with E-state index in [2.05, 4.69) is 22.9 Å². The third-order valence-corrected chi connectivity index (χ3v) is 7.87. The molecule has 1 unspecified atom stereocenters. The molecule has 1 rings (SSSR count). The van der Waals surface area contributed by atoms with E-state index in [4.69, 9.17) is 23.3 Å². The minimum atomic E-state index is -4.19. The number of hydrogen-bond acceptors (Lipinski definition) is 7. The van der Waals surface area contributed by atoms with E-state index in [1.807, 2.05) is 0 Å². The molecule has 0 bridgehead atoms. The van der Waals surface area contributed by atoms with Gasteiger partial charge in [-0.2, -0.15) is 0 Å². The molecule has 0 radical (unpaired) electrons. The van der Waals surface area contributed by atoms with Crippen LogP contribution in [-0.4, -0.2) is 66.9 Å². The monoisotopic (exact) mass is 602 g/mol. The molecule has 0 aromatic rings. The summed E-state index contributed by atoms with van der Waals surface area (Å²) in [6, 6.07) is 0. The van der Waals surface area contributed by atoms with Crippen molar-refractivity contribution >= 4 is 23.8 Å². The first-order valence-corrected chi connectivity index (χ1v) is 16.7. The second kappa shape index (κ2) is 22.3. The molecule has 216 valence electrons. The zero-order valence-corrected chi connectivity index (χ0v) is 25.1. The molecule has 1 saturated heterocycles. The van der Waals surface area contributed by atoms with Crippen LogP contribution in [-0.2, 0) is 27.8 Å². The summed E-state index contributed by atoms with van der Waals surface area (Å²) in [5.74, 6) is 0. The molecule has 10 heteroatoms. The SMILES string of the molecule is CCCCCCCCCCCCCCCCCCO[C@H]1[C@@H](O)[C@H](OC)O[C@@H]1COP(=O)(O)OCCBr. The molecule has 0 saturated carbocycles. The fourth-order valence-electron chi connectivity index (χ4n) is 4.46.